The van der Waals surface area contributed by atoms with Crippen LogP contribution >= 0.6 is 34.8 Å². The Morgan fingerprint density at radius 3 is 1.71 bits per heavy atom. The van der Waals surface area contributed by atoms with Crippen LogP contribution in [0.1, 0.15) is 27.7 Å². The van der Waals surface area contributed by atoms with Crippen molar-refractivity contribution in [2.75, 3.05) is 84.7 Å². The minimum atomic E-state index is -4.69. The number of rotatable bonds is 19. The maximum atomic E-state index is 11.7. The van der Waals surface area contributed by atoms with Crippen LogP contribution in [0.5, 0.6) is 23.0 Å². The second kappa shape index (κ2) is 22.4. The van der Waals surface area contributed by atoms with E-state index in [1.54, 1.807) is 26.4 Å². The molecular weight excluding hydrogens is 1010 g/mol. The van der Waals surface area contributed by atoms with E-state index in [1.165, 1.54) is 11.8 Å². The first-order valence-corrected chi connectivity index (χ1v) is 26.3. The molecular formula is C41H49N13O11S5. The van der Waals surface area contributed by atoms with Crippen molar-refractivity contribution in [3.63, 3.8) is 0 Å². The number of aromatic nitrogens is 5. The van der Waals surface area contributed by atoms with Gasteiger partial charge in [-0.15, -0.1) is 10.2 Å². The molecule has 11 N–H and O–H groups in total. The number of azo groups is 1. The smallest absolute Gasteiger partial charge is 0.298 e. The zero-order valence-corrected chi connectivity index (χ0v) is 42.4. The fourth-order valence-corrected chi connectivity index (χ4v) is 9.83. The molecule has 29 heteroatoms. The number of aromatic hydroxyl groups is 2. The van der Waals surface area contributed by atoms with Gasteiger partial charge in [0.25, 0.3) is 20.2 Å². The summed E-state index contributed by atoms with van der Waals surface area (Å²) in [7, 11) is -5.99. The van der Waals surface area contributed by atoms with E-state index in [1.807, 2.05) is 39.8 Å². The zero-order valence-electron chi connectivity index (χ0n) is 38.3. The van der Waals surface area contributed by atoms with Crippen LogP contribution in [0.3, 0.4) is 0 Å². The lowest BCUT2D eigenvalue weighted by Crippen LogP contribution is -2.22. The van der Waals surface area contributed by atoms with E-state index in [-0.39, 0.29) is 29.0 Å². The number of nitrogen functional groups attached to an aromatic ring is 2. The Kier molecular flexibility index (Phi) is 16.9. The predicted octanol–water partition coefficient (Wildman–Crippen LogP) is 7.54. The Morgan fingerprint density at radius 2 is 1.19 bits per heavy atom. The number of anilines is 8. The first-order valence-electron chi connectivity index (χ1n) is 20.9. The van der Waals surface area contributed by atoms with Crippen LogP contribution in [0, 0.1) is 0 Å². The molecule has 0 saturated heterocycles. The van der Waals surface area contributed by atoms with E-state index in [2.05, 4.69) is 54.4 Å². The number of phenolic OH excluding ortho intramolecular Hbond substituents is 2. The van der Waals surface area contributed by atoms with Crippen molar-refractivity contribution in [1.82, 2.24) is 23.7 Å². The predicted molar refractivity (Wildman–Crippen MR) is 273 cm³/mol. The third-order valence-corrected chi connectivity index (χ3v) is 14.3. The van der Waals surface area contributed by atoms with Crippen molar-refractivity contribution in [2.45, 2.75) is 42.6 Å². The van der Waals surface area contributed by atoms with E-state index in [9.17, 15) is 36.7 Å². The fourth-order valence-electron chi connectivity index (χ4n) is 6.80. The van der Waals surface area contributed by atoms with Crippen LogP contribution in [-0.2, 0) is 20.2 Å². The van der Waals surface area contributed by atoms with Gasteiger partial charge in [-0.05, 0) is 87.2 Å². The van der Waals surface area contributed by atoms with Crippen molar-refractivity contribution in [2.24, 2.45) is 10.2 Å². The molecule has 3 aromatic heterocycles. The molecule has 0 spiro atoms. The number of phenols is 2. The van der Waals surface area contributed by atoms with Crippen LogP contribution in [0.25, 0.3) is 21.8 Å². The molecule has 4 aromatic carbocycles. The van der Waals surface area contributed by atoms with Gasteiger partial charge in [0.1, 0.15) is 43.5 Å². The number of ether oxygens (including phenoxy) is 2. The number of fused-ring (bicyclic) bond motifs is 2. The standard InChI is InChI=1S/C34H43N11O7S3.C7H6N2O4S2/c1-7-44(8-2)25-15-22(20(35)14-28(25)51-5)36-32-38-33(40-34(39-32)53-12-11-46)37-23-16-26(45(9-3)10-4)29(52-6)17-24(23)41-42-31-19-13-27(47)30(55(48,49)50)18-21(19)43-54-31;8-7-3-1-5(10)6(15(11,12)13)2-4(3)9-14-7/h13-18,46-47H,7-12,35H2,1-6H3,(H,48,49,50)(H2,36,37,38,39,40);1-2,10H,8H2,(H,11,12,13). The van der Waals surface area contributed by atoms with Gasteiger partial charge in [-0.2, -0.15) is 40.5 Å². The number of hydrogen-bond acceptors (Lipinski definition) is 25. The number of aliphatic hydroxyl groups is 1. The van der Waals surface area contributed by atoms with E-state index in [0.29, 0.717) is 79.5 Å². The van der Waals surface area contributed by atoms with E-state index in [0.717, 1.165) is 71.8 Å². The topological polar surface area (TPSA) is 360 Å². The number of nitrogens with two attached hydrogens (primary N) is 2. The summed E-state index contributed by atoms with van der Waals surface area (Å²) in [6.45, 7) is 10.9. The number of nitrogens with zero attached hydrogens (tertiary/aromatic N) is 9. The largest absolute Gasteiger partial charge is 0.506 e. The van der Waals surface area contributed by atoms with Crippen molar-refractivity contribution in [1.29, 1.82) is 0 Å². The molecule has 70 heavy (non-hydrogen) atoms. The lowest BCUT2D eigenvalue weighted by molar-refractivity contribution is 0.322. The van der Waals surface area contributed by atoms with Gasteiger partial charge in [0.05, 0.1) is 60.3 Å². The molecule has 3 heterocycles. The first kappa shape index (κ1) is 52.8. The van der Waals surface area contributed by atoms with Crippen molar-refractivity contribution in [3.8, 4) is 23.0 Å². The van der Waals surface area contributed by atoms with Crippen LogP contribution in [0.15, 0.2) is 73.7 Å². The molecule has 0 fully saturated rings. The van der Waals surface area contributed by atoms with Crippen LogP contribution in [0.2, 0.25) is 0 Å². The molecule has 7 aromatic rings. The summed E-state index contributed by atoms with van der Waals surface area (Å²) in [5, 5.41) is 46.5. The van der Waals surface area contributed by atoms with Gasteiger partial charge < -0.3 is 56.7 Å². The zero-order chi connectivity index (χ0) is 51.1. The molecule has 24 nitrogen and oxygen atoms in total. The van der Waals surface area contributed by atoms with Gasteiger partial charge in [-0.25, -0.2) is 0 Å². The maximum absolute atomic E-state index is 11.7. The quantitative estimate of drug-likeness (QED) is 0.0163. The SMILES string of the molecule is CCN(CC)c1cc(Nc2nc(Nc3cc(N(CC)CC)c(OC)cc3N=Nc3snc4cc(S(=O)(=O)O)c(O)cc34)nc(SCCO)n2)c(N)cc1OC.Nc1snc2cc(S(=O)(=O)O)c(O)cc12. The van der Waals surface area contributed by atoms with Gasteiger partial charge in [0.2, 0.25) is 11.9 Å². The second-order valence-electron chi connectivity index (χ2n) is 14.4. The highest BCUT2D eigenvalue weighted by molar-refractivity contribution is 7.99. The lowest BCUT2D eigenvalue weighted by Gasteiger charge is -2.25. The maximum Gasteiger partial charge on any atom is 0.298 e. The van der Waals surface area contributed by atoms with Crippen LogP contribution in [0.4, 0.5) is 56.0 Å². The Balaban J connectivity index is 0.000000453. The number of benzene rings is 4. The Bertz CT molecular complexity index is 3280. The highest BCUT2D eigenvalue weighted by Crippen LogP contribution is 2.43. The summed E-state index contributed by atoms with van der Waals surface area (Å²) in [6, 6.07) is 11.6. The van der Waals surface area contributed by atoms with Gasteiger partial charge in [-0.3, -0.25) is 9.11 Å². The molecule has 0 atom stereocenters. The molecule has 374 valence electrons. The minimum absolute atomic E-state index is 0.0993. The molecule has 7 rings (SSSR count). The molecule has 0 amide bonds. The van der Waals surface area contributed by atoms with Crippen molar-refractivity contribution >= 4 is 133 Å². The molecule has 0 unspecified atom stereocenters. The minimum Gasteiger partial charge on any atom is -0.506 e. The highest BCUT2D eigenvalue weighted by atomic mass is 32.2. The van der Waals surface area contributed by atoms with E-state index >= 15 is 0 Å². The number of thioether (sulfide) groups is 1. The summed E-state index contributed by atoms with van der Waals surface area (Å²) < 4.78 is 82.9. The molecule has 0 saturated carbocycles. The summed E-state index contributed by atoms with van der Waals surface area (Å²) in [5.74, 6) is 0.598. The average Bonchev–Trinajstić information content (AvgIpc) is 3.89. The average molecular weight is 1060 g/mol. The van der Waals surface area contributed by atoms with Gasteiger partial charge in [0.15, 0.2) is 10.2 Å². The number of hydrogen-bond donors (Lipinski definition) is 9. The Labute approximate surface area is 414 Å². The van der Waals surface area contributed by atoms with E-state index < -0.39 is 41.5 Å². The van der Waals surface area contributed by atoms with E-state index in [4.69, 9.17) is 25.5 Å². The lowest BCUT2D eigenvalue weighted by atomic mass is 10.2. The van der Waals surface area contributed by atoms with Gasteiger partial charge in [0, 0.05) is 54.8 Å². The molecule has 0 radical (unpaired) electrons. The summed E-state index contributed by atoms with van der Waals surface area (Å²) in [5.41, 5.74) is 15.8. The normalized spacial score (nSPS) is 11.7. The summed E-state index contributed by atoms with van der Waals surface area (Å²) in [4.78, 5) is 16.9. The Morgan fingerprint density at radius 1 is 0.686 bits per heavy atom. The molecule has 0 aliphatic carbocycles. The monoisotopic (exact) mass is 1060 g/mol. The second-order valence-corrected chi connectivity index (χ2v) is 19.8. The molecule has 0 bridgehead atoms. The third kappa shape index (κ3) is 12.0. The van der Waals surface area contributed by atoms with Gasteiger partial charge >= 0.3 is 0 Å². The van der Waals surface area contributed by atoms with Crippen LogP contribution < -0.4 is 41.4 Å². The third-order valence-electron chi connectivity index (χ3n) is 10.2. The van der Waals surface area contributed by atoms with Crippen molar-refractivity contribution < 1.29 is 50.7 Å². The number of methoxy groups -OCH3 is 2. The van der Waals surface area contributed by atoms with Crippen molar-refractivity contribution in [3.05, 3.63) is 48.5 Å². The number of nitrogens with one attached hydrogen (secondary N) is 2. The Hall–Kier alpha value is -6.60. The number of aliphatic hydroxyl groups excluding tert-OH is 1. The molecule has 0 aliphatic rings. The molecule has 0 aliphatic heterocycles. The van der Waals surface area contributed by atoms with Crippen LogP contribution in [-0.4, -0.2) is 118 Å². The summed E-state index contributed by atoms with van der Waals surface area (Å²) in [6.07, 6.45) is 0. The summed E-state index contributed by atoms with van der Waals surface area (Å²) >= 11 is 3.14. The first-order chi connectivity index (χ1) is 33.3. The van der Waals surface area contributed by atoms with Gasteiger partial charge in [-0.1, -0.05) is 11.8 Å². The fraction of sp³-hybridized carbons (Fsp3) is 0.293. The highest BCUT2D eigenvalue weighted by Gasteiger charge is 2.22.